The van der Waals surface area contributed by atoms with Gasteiger partial charge in [-0.05, 0) is 53.7 Å². The van der Waals surface area contributed by atoms with Gasteiger partial charge in [0.25, 0.3) is 5.91 Å². The van der Waals surface area contributed by atoms with E-state index in [0.29, 0.717) is 29.4 Å². The first-order valence-electron chi connectivity index (χ1n) is 9.23. The standard InChI is InChI=1S/C20H22F3N3O/c1-10(2)16-12-7-8-13(16)17-11(12)5-4-6-15(17)24-19(27)14-9-26(3)25-18(14)20(21,22)23/h4-6,9-10,12-13,16H,7-8H2,1-3H3,(H,24,27). The molecule has 2 aliphatic rings. The third kappa shape index (κ3) is 2.84. The lowest BCUT2D eigenvalue weighted by molar-refractivity contribution is -0.141. The minimum absolute atomic E-state index is 0.359. The Morgan fingerprint density at radius 2 is 1.96 bits per heavy atom. The molecular formula is C20H22F3N3O. The van der Waals surface area contributed by atoms with Crippen LogP contribution < -0.4 is 5.32 Å². The zero-order valence-corrected chi connectivity index (χ0v) is 15.5. The molecule has 144 valence electrons. The van der Waals surface area contributed by atoms with E-state index in [1.807, 2.05) is 6.07 Å². The Morgan fingerprint density at radius 1 is 1.26 bits per heavy atom. The summed E-state index contributed by atoms with van der Waals surface area (Å²) in [5.41, 5.74) is 1.37. The second-order valence-corrected chi connectivity index (χ2v) is 7.94. The number of fused-ring (bicyclic) bond motifs is 5. The molecule has 0 spiro atoms. The average Bonchev–Trinajstić information content (AvgIpc) is 3.25. The van der Waals surface area contributed by atoms with Crippen LogP contribution in [0.15, 0.2) is 24.4 Å². The maximum atomic E-state index is 13.2. The molecule has 0 saturated heterocycles. The van der Waals surface area contributed by atoms with Crippen molar-refractivity contribution in [3.05, 3.63) is 46.8 Å². The van der Waals surface area contributed by atoms with Gasteiger partial charge in [-0.25, -0.2) is 0 Å². The molecule has 2 aromatic rings. The number of carbonyl (C=O) groups excluding carboxylic acids is 1. The second-order valence-electron chi connectivity index (χ2n) is 7.94. The van der Waals surface area contributed by atoms with Crippen molar-refractivity contribution in [2.24, 2.45) is 18.9 Å². The monoisotopic (exact) mass is 377 g/mol. The molecule has 3 atom stereocenters. The van der Waals surface area contributed by atoms with Gasteiger partial charge < -0.3 is 5.32 Å². The lowest BCUT2D eigenvalue weighted by atomic mass is 9.85. The predicted molar refractivity (Wildman–Crippen MR) is 95.6 cm³/mol. The number of hydrogen-bond donors (Lipinski definition) is 1. The normalized spacial score (nSPS) is 23.7. The van der Waals surface area contributed by atoms with E-state index in [1.54, 1.807) is 6.07 Å². The van der Waals surface area contributed by atoms with Gasteiger partial charge in [-0.2, -0.15) is 18.3 Å². The predicted octanol–water partition coefficient (Wildman–Crippen LogP) is 4.94. The van der Waals surface area contributed by atoms with E-state index >= 15 is 0 Å². The molecule has 1 aromatic carbocycles. The van der Waals surface area contributed by atoms with Gasteiger partial charge in [-0.3, -0.25) is 9.48 Å². The fraction of sp³-hybridized carbons (Fsp3) is 0.500. The fourth-order valence-electron chi connectivity index (χ4n) is 5.14. The summed E-state index contributed by atoms with van der Waals surface area (Å²) in [5.74, 6) is 1.12. The smallest absolute Gasteiger partial charge is 0.322 e. The Hall–Kier alpha value is -2.31. The zero-order chi connectivity index (χ0) is 19.5. The van der Waals surface area contributed by atoms with Crippen LogP contribution in [-0.2, 0) is 13.2 Å². The van der Waals surface area contributed by atoms with Crippen molar-refractivity contribution in [3.8, 4) is 0 Å². The first-order valence-corrected chi connectivity index (χ1v) is 9.23. The molecule has 1 amide bonds. The Kier molecular flexibility index (Phi) is 4.09. The highest BCUT2D eigenvalue weighted by Crippen LogP contribution is 2.61. The van der Waals surface area contributed by atoms with Crippen molar-refractivity contribution in [2.45, 2.75) is 44.7 Å². The maximum absolute atomic E-state index is 13.2. The van der Waals surface area contributed by atoms with Crippen LogP contribution in [0.4, 0.5) is 18.9 Å². The largest absolute Gasteiger partial charge is 0.435 e. The van der Waals surface area contributed by atoms with Crippen molar-refractivity contribution in [1.82, 2.24) is 9.78 Å². The second kappa shape index (κ2) is 6.11. The highest BCUT2D eigenvalue weighted by Gasteiger charge is 2.48. The fourth-order valence-corrected chi connectivity index (χ4v) is 5.14. The van der Waals surface area contributed by atoms with Crippen molar-refractivity contribution in [2.75, 3.05) is 5.32 Å². The molecule has 4 rings (SSSR count). The van der Waals surface area contributed by atoms with Gasteiger partial charge in [-0.1, -0.05) is 26.0 Å². The summed E-state index contributed by atoms with van der Waals surface area (Å²) in [6.07, 6.45) is -1.36. The van der Waals surface area contributed by atoms with E-state index in [4.69, 9.17) is 0 Å². The van der Waals surface area contributed by atoms with E-state index < -0.39 is 23.3 Å². The van der Waals surface area contributed by atoms with E-state index in [-0.39, 0.29) is 0 Å². The van der Waals surface area contributed by atoms with Gasteiger partial charge >= 0.3 is 6.18 Å². The Morgan fingerprint density at radius 3 is 2.63 bits per heavy atom. The lowest BCUT2D eigenvalue weighted by Gasteiger charge is -2.21. The van der Waals surface area contributed by atoms with Crippen molar-refractivity contribution in [3.63, 3.8) is 0 Å². The van der Waals surface area contributed by atoms with Crippen molar-refractivity contribution >= 4 is 11.6 Å². The summed E-state index contributed by atoms with van der Waals surface area (Å²) >= 11 is 0. The molecule has 2 aliphatic carbocycles. The molecule has 27 heavy (non-hydrogen) atoms. The molecule has 1 saturated carbocycles. The molecule has 3 unspecified atom stereocenters. The molecule has 1 heterocycles. The number of carbonyl (C=O) groups is 1. The van der Waals surface area contributed by atoms with Crippen LogP contribution in [0.2, 0.25) is 0 Å². The van der Waals surface area contributed by atoms with Crippen LogP contribution in [0, 0.1) is 11.8 Å². The van der Waals surface area contributed by atoms with E-state index in [1.165, 1.54) is 12.6 Å². The molecule has 1 N–H and O–H groups in total. The summed E-state index contributed by atoms with van der Waals surface area (Å²) in [5, 5.41) is 6.16. The topological polar surface area (TPSA) is 46.9 Å². The number of amides is 1. The first-order chi connectivity index (χ1) is 12.7. The summed E-state index contributed by atoms with van der Waals surface area (Å²) in [7, 11) is 1.37. The maximum Gasteiger partial charge on any atom is 0.435 e. The summed E-state index contributed by atoms with van der Waals surface area (Å²) in [6, 6.07) is 5.76. The average molecular weight is 377 g/mol. The summed E-state index contributed by atoms with van der Waals surface area (Å²) < 4.78 is 40.6. The molecular weight excluding hydrogens is 355 g/mol. The third-order valence-electron chi connectivity index (χ3n) is 5.99. The molecule has 1 aromatic heterocycles. The van der Waals surface area contributed by atoms with Crippen LogP contribution in [0.3, 0.4) is 0 Å². The Balaban J connectivity index is 1.68. The van der Waals surface area contributed by atoms with Crippen LogP contribution in [0.5, 0.6) is 0 Å². The van der Waals surface area contributed by atoms with Crippen molar-refractivity contribution in [1.29, 1.82) is 0 Å². The first kappa shape index (κ1) is 18.1. The number of aryl methyl sites for hydroxylation is 1. The zero-order valence-electron chi connectivity index (χ0n) is 15.5. The molecule has 2 bridgehead atoms. The molecule has 4 nitrogen and oxygen atoms in total. The number of benzene rings is 1. The van der Waals surface area contributed by atoms with E-state index in [0.717, 1.165) is 29.3 Å². The summed E-state index contributed by atoms with van der Waals surface area (Å²) in [4.78, 5) is 12.7. The number of nitrogens with one attached hydrogen (secondary N) is 1. The van der Waals surface area contributed by atoms with Crippen LogP contribution >= 0.6 is 0 Å². The number of anilines is 1. The van der Waals surface area contributed by atoms with Crippen LogP contribution in [0.25, 0.3) is 0 Å². The number of halogens is 3. The van der Waals surface area contributed by atoms with Gasteiger partial charge in [0.15, 0.2) is 5.69 Å². The molecule has 0 radical (unpaired) electrons. The lowest BCUT2D eigenvalue weighted by Crippen LogP contribution is -2.19. The highest BCUT2D eigenvalue weighted by molar-refractivity contribution is 6.05. The van der Waals surface area contributed by atoms with Gasteiger partial charge in [-0.15, -0.1) is 0 Å². The van der Waals surface area contributed by atoms with Gasteiger partial charge in [0.05, 0.1) is 5.56 Å². The quantitative estimate of drug-likeness (QED) is 0.824. The van der Waals surface area contributed by atoms with E-state index in [9.17, 15) is 18.0 Å². The van der Waals surface area contributed by atoms with Crippen LogP contribution in [0.1, 0.15) is 65.7 Å². The summed E-state index contributed by atoms with van der Waals surface area (Å²) in [6.45, 7) is 4.43. The van der Waals surface area contributed by atoms with Crippen LogP contribution in [-0.4, -0.2) is 15.7 Å². The Labute approximate surface area is 155 Å². The third-order valence-corrected chi connectivity index (χ3v) is 5.99. The SMILES string of the molecule is CC(C)C1C2CCC1c1c(NC(=O)c3cn(C)nc3C(F)(F)F)cccc12. The number of rotatable bonds is 3. The Bertz CT molecular complexity index is 900. The van der Waals surface area contributed by atoms with Gasteiger partial charge in [0.2, 0.25) is 0 Å². The highest BCUT2D eigenvalue weighted by atomic mass is 19.4. The molecule has 0 aliphatic heterocycles. The number of nitrogens with zero attached hydrogens (tertiary/aromatic N) is 2. The van der Waals surface area contributed by atoms with Crippen molar-refractivity contribution < 1.29 is 18.0 Å². The van der Waals surface area contributed by atoms with Gasteiger partial charge in [0.1, 0.15) is 0 Å². The minimum Gasteiger partial charge on any atom is -0.322 e. The number of alkyl halides is 3. The number of hydrogen-bond acceptors (Lipinski definition) is 2. The van der Waals surface area contributed by atoms with Gasteiger partial charge in [0, 0.05) is 18.9 Å². The van der Waals surface area contributed by atoms with E-state index in [2.05, 4.69) is 30.3 Å². The molecule has 1 fully saturated rings. The molecule has 7 heteroatoms. The minimum atomic E-state index is -4.67. The number of aromatic nitrogens is 2.